The van der Waals surface area contributed by atoms with Crippen LogP contribution in [0.5, 0.6) is 11.5 Å². The zero-order valence-corrected chi connectivity index (χ0v) is 11.9. The van der Waals surface area contributed by atoms with Crippen molar-refractivity contribution in [2.45, 2.75) is 19.4 Å². The molecule has 0 amide bonds. The van der Waals surface area contributed by atoms with Gasteiger partial charge in [0.05, 0.1) is 13.7 Å². The predicted molar refractivity (Wildman–Crippen MR) is 75.1 cm³/mol. The first-order chi connectivity index (χ1) is 9.24. The third-order valence-corrected chi connectivity index (χ3v) is 3.56. The summed E-state index contributed by atoms with van der Waals surface area (Å²) in [6.45, 7) is 3.67. The van der Waals surface area contributed by atoms with E-state index in [0.29, 0.717) is 28.7 Å². The van der Waals surface area contributed by atoms with E-state index in [1.54, 1.807) is 19.2 Å². The molecule has 5 heteroatoms. The monoisotopic (exact) mass is 285 g/mol. The van der Waals surface area contributed by atoms with Gasteiger partial charge in [-0.05, 0) is 32.0 Å². The Bertz CT molecular complexity index is 394. The molecule has 0 atom stereocenters. The molecule has 0 saturated carbocycles. The smallest absolute Gasteiger partial charge is 0.166 e. The van der Waals surface area contributed by atoms with Crippen molar-refractivity contribution in [2.75, 3.05) is 33.4 Å². The van der Waals surface area contributed by atoms with Gasteiger partial charge in [0.1, 0.15) is 6.61 Å². The molecule has 1 aliphatic heterocycles. The lowest BCUT2D eigenvalue weighted by Crippen LogP contribution is -2.25. The maximum atomic E-state index is 9.37. The van der Waals surface area contributed by atoms with Crippen LogP contribution in [-0.2, 0) is 6.61 Å². The van der Waals surface area contributed by atoms with Crippen molar-refractivity contribution in [3.63, 3.8) is 0 Å². The summed E-state index contributed by atoms with van der Waals surface area (Å²) in [5, 5.41) is 9.90. The Morgan fingerprint density at radius 1 is 1.32 bits per heavy atom. The third-order valence-electron chi connectivity index (χ3n) is 3.34. The fourth-order valence-corrected chi connectivity index (χ4v) is 2.57. The summed E-state index contributed by atoms with van der Waals surface area (Å²) < 4.78 is 11.0. The molecule has 106 valence electrons. The SMILES string of the molecule is COc1cc(Cl)cc(CO)c1OCCN1CCCC1. The molecule has 0 aliphatic carbocycles. The zero-order chi connectivity index (χ0) is 13.7. The molecule has 1 aromatic rings. The van der Waals surface area contributed by atoms with Crippen molar-refractivity contribution in [3.05, 3.63) is 22.7 Å². The van der Waals surface area contributed by atoms with Crippen molar-refractivity contribution in [3.8, 4) is 11.5 Å². The second-order valence-electron chi connectivity index (χ2n) is 4.65. The lowest BCUT2D eigenvalue weighted by molar-refractivity contribution is 0.220. The van der Waals surface area contributed by atoms with Gasteiger partial charge in [-0.2, -0.15) is 0 Å². The molecular weight excluding hydrogens is 266 g/mol. The predicted octanol–water partition coefficient (Wildman–Crippen LogP) is 2.32. The minimum Gasteiger partial charge on any atom is -0.493 e. The van der Waals surface area contributed by atoms with Gasteiger partial charge in [-0.1, -0.05) is 11.6 Å². The van der Waals surface area contributed by atoms with Crippen LogP contribution in [0.4, 0.5) is 0 Å². The topological polar surface area (TPSA) is 41.9 Å². The van der Waals surface area contributed by atoms with Gasteiger partial charge in [0, 0.05) is 23.2 Å². The molecule has 0 bridgehead atoms. The minimum atomic E-state index is -0.115. The summed E-state index contributed by atoms with van der Waals surface area (Å²) in [5.74, 6) is 1.16. The molecule has 1 fully saturated rings. The summed E-state index contributed by atoms with van der Waals surface area (Å²) in [7, 11) is 1.57. The molecule has 0 unspecified atom stereocenters. The van der Waals surface area contributed by atoms with E-state index in [1.165, 1.54) is 12.8 Å². The average Bonchev–Trinajstić information content (AvgIpc) is 2.92. The molecule has 0 aromatic heterocycles. The molecule has 19 heavy (non-hydrogen) atoms. The molecule has 1 heterocycles. The van der Waals surface area contributed by atoms with Gasteiger partial charge in [-0.25, -0.2) is 0 Å². The van der Waals surface area contributed by atoms with Gasteiger partial charge in [0.2, 0.25) is 0 Å². The molecule has 1 aliphatic rings. The van der Waals surface area contributed by atoms with Crippen molar-refractivity contribution < 1.29 is 14.6 Å². The van der Waals surface area contributed by atoms with E-state index >= 15 is 0 Å². The maximum absolute atomic E-state index is 9.37. The van der Waals surface area contributed by atoms with Crippen LogP contribution >= 0.6 is 11.6 Å². The van der Waals surface area contributed by atoms with Crippen molar-refractivity contribution in [1.29, 1.82) is 0 Å². The minimum absolute atomic E-state index is 0.115. The van der Waals surface area contributed by atoms with Gasteiger partial charge in [-0.15, -0.1) is 0 Å². The standard InChI is InChI=1S/C14H20ClNO3/c1-18-13-9-12(15)8-11(10-17)14(13)19-7-6-16-4-2-3-5-16/h8-9,17H,2-7,10H2,1H3. The number of hydrogen-bond donors (Lipinski definition) is 1. The lowest BCUT2D eigenvalue weighted by atomic mass is 10.2. The third kappa shape index (κ3) is 3.75. The van der Waals surface area contributed by atoms with E-state index < -0.39 is 0 Å². The number of benzene rings is 1. The highest BCUT2D eigenvalue weighted by Crippen LogP contribution is 2.34. The van der Waals surface area contributed by atoms with Gasteiger partial charge in [-0.3, -0.25) is 4.90 Å². The number of nitrogens with zero attached hydrogens (tertiary/aromatic N) is 1. The van der Waals surface area contributed by atoms with Gasteiger partial charge >= 0.3 is 0 Å². The first-order valence-corrected chi connectivity index (χ1v) is 6.95. The number of aliphatic hydroxyl groups is 1. The van der Waals surface area contributed by atoms with E-state index in [2.05, 4.69) is 4.90 Å². The molecule has 1 saturated heterocycles. The molecule has 1 N–H and O–H groups in total. The van der Waals surface area contributed by atoms with Crippen LogP contribution < -0.4 is 9.47 Å². The Balaban J connectivity index is 2.00. The molecule has 1 aromatic carbocycles. The summed E-state index contributed by atoms with van der Waals surface area (Å²) in [4.78, 5) is 2.38. The number of methoxy groups -OCH3 is 1. The average molecular weight is 286 g/mol. The van der Waals surface area contributed by atoms with E-state index in [4.69, 9.17) is 21.1 Å². The largest absolute Gasteiger partial charge is 0.493 e. The summed E-state index contributed by atoms with van der Waals surface area (Å²) in [5.41, 5.74) is 0.658. The summed E-state index contributed by atoms with van der Waals surface area (Å²) in [6, 6.07) is 3.40. The Morgan fingerprint density at radius 2 is 2.05 bits per heavy atom. The van der Waals surface area contributed by atoms with Crippen molar-refractivity contribution in [1.82, 2.24) is 4.90 Å². The van der Waals surface area contributed by atoms with Crippen LogP contribution in [-0.4, -0.2) is 43.4 Å². The number of aliphatic hydroxyl groups excluding tert-OH is 1. The lowest BCUT2D eigenvalue weighted by Gasteiger charge is -2.18. The Kier molecular flexibility index (Phi) is 5.31. The first kappa shape index (κ1) is 14.4. The normalized spacial score (nSPS) is 15.7. The fraction of sp³-hybridized carbons (Fsp3) is 0.571. The van der Waals surface area contributed by atoms with Gasteiger partial charge in [0.15, 0.2) is 11.5 Å². The van der Waals surface area contributed by atoms with Crippen LogP contribution in [0.25, 0.3) is 0 Å². The van der Waals surface area contributed by atoms with Crippen LogP contribution in [0, 0.1) is 0 Å². The number of rotatable bonds is 6. The Labute approximate surface area is 118 Å². The second-order valence-corrected chi connectivity index (χ2v) is 5.09. The van der Waals surface area contributed by atoms with Crippen LogP contribution in [0.1, 0.15) is 18.4 Å². The molecule has 0 spiro atoms. The van der Waals surface area contributed by atoms with Crippen LogP contribution in [0.2, 0.25) is 5.02 Å². The van der Waals surface area contributed by atoms with Gasteiger partial charge in [0.25, 0.3) is 0 Å². The van der Waals surface area contributed by atoms with Crippen LogP contribution in [0.3, 0.4) is 0 Å². The van der Waals surface area contributed by atoms with Crippen molar-refractivity contribution >= 4 is 11.6 Å². The number of ether oxygens (including phenoxy) is 2. The Hall–Kier alpha value is -0.970. The number of likely N-dealkylation sites (tertiary alicyclic amines) is 1. The maximum Gasteiger partial charge on any atom is 0.166 e. The number of hydrogen-bond acceptors (Lipinski definition) is 4. The molecular formula is C14H20ClNO3. The zero-order valence-electron chi connectivity index (χ0n) is 11.2. The highest BCUT2D eigenvalue weighted by molar-refractivity contribution is 6.30. The van der Waals surface area contributed by atoms with E-state index in [0.717, 1.165) is 19.6 Å². The van der Waals surface area contributed by atoms with Crippen LogP contribution in [0.15, 0.2) is 12.1 Å². The molecule has 4 nitrogen and oxygen atoms in total. The van der Waals surface area contributed by atoms with E-state index in [9.17, 15) is 5.11 Å². The van der Waals surface area contributed by atoms with Crippen molar-refractivity contribution in [2.24, 2.45) is 0 Å². The highest BCUT2D eigenvalue weighted by atomic mass is 35.5. The summed E-state index contributed by atoms with van der Waals surface area (Å²) >= 11 is 5.96. The first-order valence-electron chi connectivity index (χ1n) is 6.57. The quantitative estimate of drug-likeness (QED) is 0.871. The van der Waals surface area contributed by atoms with E-state index in [-0.39, 0.29) is 6.61 Å². The number of halogens is 1. The van der Waals surface area contributed by atoms with E-state index in [1.807, 2.05) is 0 Å². The fourth-order valence-electron chi connectivity index (χ4n) is 2.34. The molecule has 2 rings (SSSR count). The summed E-state index contributed by atoms with van der Waals surface area (Å²) in [6.07, 6.45) is 2.54. The van der Waals surface area contributed by atoms with Gasteiger partial charge < -0.3 is 14.6 Å². The second kappa shape index (κ2) is 6.98. The Morgan fingerprint density at radius 3 is 2.68 bits per heavy atom. The molecule has 0 radical (unpaired) electrons. The highest BCUT2D eigenvalue weighted by Gasteiger charge is 2.14.